The summed E-state index contributed by atoms with van der Waals surface area (Å²) in [6.07, 6.45) is 0.213. The standard InChI is InChI=1S/C14H19O5P/c1-14(2)9-18-20(16,19-10-14)8-11-4-6-12(7-5-11)13(15)17-3/h4-7H,8-10H2,1-3H3. The number of esters is 1. The van der Waals surface area contributed by atoms with Gasteiger partial charge in [0, 0.05) is 5.41 Å². The molecule has 0 N–H and O–H groups in total. The average Bonchev–Trinajstić information content (AvgIpc) is 2.43. The van der Waals surface area contributed by atoms with Gasteiger partial charge in [0.25, 0.3) is 0 Å². The van der Waals surface area contributed by atoms with Gasteiger partial charge in [-0.05, 0) is 17.7 Å². The predicted molar refractivity (Wildman–Crippen MR) is 74.8 cm³/mol. The number of hydrogen-bond donors (Lipinski definition) is 0. The second-order valence-corrected chi connectivity index (χ2v) is 7.72. The summed E-state index contributed by atoms with van der Waals surface area (Å²) in [5.41, 5.74) is 1.16. The molecule has 0 bridgehead atoms. The Morgan fingerprint density at radius 3 is 2.30 bits per heavy atom. The second-order valence-electron chi connectivity index (χ2n) is 5.67. The van der Waals surface area contributed by atoms with Gasteiger partial charge in [-0.15, -0.1) is 0 Å². The number of ether oxygens (including phenoxy) is 1. The fourth-order valence-corrected chi connectivity index (χ4v) is 3.81. The lowest BCUT2D eigenvalue weighted by molar-refractivity contribution is 0.0409. The maximum Gasteiger partial charge on any atom is 0.337 e. The lowest BCUT2D eigenvalue weighted by atomic mass is 9.97. The fraction of sp³-hybridized carbons (Fsp3) is 0.500. The highest BCUT2D eigenvalue weighted by atomic mass is 31.2. The van der Waals surface area contributed by atoms with Crippen molar-refractivity contribution in [2.75, 3.05) is 20.3 Å². The van der Waals surface area contributed by atoms with Crippen LogP contribution in [-0.4, -0.2) is 26.3 Å². The summed E-state index contributed by atoms with van der Waals surface area (Å²) in [4.78, 5) is 11.3. The fourth-order valence-electron chi connectivity index (χ4n) is 1.80. The minimum atomic E-state index is -3.08. The molecule has 1 aromatic carbocycles. The van der Waals surface area contributed by atoms with Crippen LogP contribution in [0.4, 0.5) is 0 Å². The molecule has 0 saturated carbocycles. The van der Waals surface area contributed by atoms with Crippen LogP contribution >= 0.6 is 7.60 Å². The Kier molecular flexibility index (Phi) is 4.33. The van der Waals surface area contributed by atoms with Gasteiger partial charge in [0.2, 0.25) is 0 Å². The van der Waals surface area contributed by atoms with Crippen LogP contribution in [0.1, 0.15) is 29.8 Å². The molecule has 5 nitrogen and oxygen atoms in total. The van der Waals surface area contributed by atoms with Crippen LogP contribution < -0.4 is 0 Å². The van der Waals surface area contributed by atoms with E-state index >= 15 is 0 Å². The summed E-state index contributed by atoms with van der Waals surface area (Å²) in [5.74, 6) is -0.393. The highest BCUT2D eigenvalue weighted by Crippen LogP contribution is 2.56. The van der Waals surface area contributed by atoms with Gasteiger partial charge in [-0.2, -0.15) is 0 Å². The molecule has 1 saturated heterocycles. The summed E-state index contributed by atoms with van der Waals surface area (Å²) in [6, 6.07) is 6.75. The Morgan fingerprint density at radius 1 is 1.25 bits per heavy atom. The Labute approximate surface area is 118 Å². The number of methoxy groups -OCH3 is 1. The molecule has 0 aliphatic carbocycles. The van der Waals surface area contributed by atoms with E-state index in [1.165, 1.54) is 7.11 Å². The summed E-state index contributed by atoms with van der Waals surface area (Å²) in [5, 5.41) is 0. The first-order valence-corrected chi connectivity index (χ1v) is 8.12. The van der Waals surface area contributed by atoms with Gasteiger partial charge in [0.1, 0.15) is 0 Å². The van der Waals surface area contributed by atoms with Crippen LogP contribution in [0.3, 0.4) is 0 Å². The van der Waals surface area contributed by atoms with E-state index in [-0.39, 0.29) is 11.6 Å². The van der Waals surface area contributed by atoms with Crippen molar-refractivity contribution >= 4 is 13.6 Å². The van der Waals surface area contributed by atoms with Gasteiger partial charge in [0.15, 0.2) is 0 Å². The highest BCUT2D eigenvalue weighted by Gasteiger charge is 2.36. The molecule has 1 heterocycles. The van der Waals surface area contributed by atoms with E-state index in [0.717, 1.165) is 5.56 Å². The molecule has 0 radical (unpaired) electrons. The van der Waals surface area contributed by atoms with Crippen LogP contribution in [0.5, 0.6) is 0 Å². The smallest absolute Gasteiger partial charge is 0.337 e. The number of benzene rings is 1. The lowest BCUT2D eigenvalue weighted by Gasteiger charge is -2.34. The molecule has 0 atom stereocenters. The quantitative estimate of drug-likeness (QED) is 0.633. The van der Waals surface area contributed by atoms with Gasteiger partial charge in [0.05, 0.1) is 32.0 Å². The van der Waals surface area contributed by atoms with E-state index in [9.17, 15) is 9.36 Å². The van der Waals surface area contributed by atoms with Crippen molar-refractivity contribution in [2.45, 2.75) is 20.0 Å². The van der Waals surface area contributed by atoms with Crippen molar-refractivity contribution in [3.63, 3.8) is 0 Å². The zero-order valence-electron chi connectivity index (χ0n) is 11.9. The van der Waals surface area contributed by atoms with Gasteiger partial charge in [-0.3, -0.25) is 4.57 Å². The zero-order valence-corrected chi connectivity index (χ0v) is 12.8. The zero-order chi connectivity index (χ0) is 14.8. The molecule has 1 aliphatic heterocycles. The molecule has 20 heavy (non-hydrogen) atoms. The van der Waals surface area contributed by atoms with Crippen LogP contribution in [0.15, 0.2) is 24.3 Å². The van der Waals surface area contributed by atoms with E-state index < -0.39 is 13.6 Å². The summed E-state index contributed by atoms with van der Waals surface area (Å²) >= 11 is 0. The third-order valence-electron chi connectivity index (χ3n) is 3.06. The molecular formula is C14H19O5P. The Hall–Kier alpha value is -1.16. The molecular weight excluding hydrogens is 279 g/mol. The predicted octanol–water partition coefficient (Wildman–Crippen LogP) is 3.24. The molecule has 110 valence electrons. The lowest BCUT2D eigenvalue weighted by Crippen LogP contribution is -2.29. The molecule has 0 aromatic heterocycles. The number of hydrogen-bond acceptors (Lipinski definition) is 5. The molecule has 6 heteroatoms. The average molecular weight is 298 g/mol. The SMILES string of the molecule is COC(=O)c1ccc(CP2(=O)OCC(C)(C)CO2)cc1. The Bertz CT molecular complexity index is 521. The van der Waals surface area contributed by atoms with Crippen LogP contribution in [0.25, 0.3) is 0 Å². The summed E-state index contributed by atoms with van der Waals surface area (Å²) < 4.78 is 27.9. The molecule has 1 aromatic rings. The van der Waals surface area contributed by atoms with E-state index in [1.807, 2.05) is 13.8 Å². The third-order valence-corrected chi connectivity index (χ3v) is 4.85. The molecule has 1 aliphatic rings. The maximum atomic E-state index is 12.4. The first-order valence-electron chi connectivity index (χ1n) is 6.39. The van der Waals surface area contributed by atoms with Gasteiger partial charge >= 0.3 is 13.6 Å². The van der Waals surface area contributed by atoms with E-state index in [2.05, 4.69) is 4.74 Å². The minimum absolute atomic E-state index is 0.108. The van der Waals surface area contributed by atoms with E-state index in [0.29, 0.717) is 18.8 Å². The Balaban J connectivity index is 2.03. The molecule has 1 fully saturated rings. The van der Waals surface area contributed by atoms with Crippen molar-refractivity contribution in [1.29, 1.82) is 0 Å². The maximum absolute atomic E-state index is 12.4. The van der Waals surface area contributed by atoms with Crippen LogP contribution in [0, 0.1) is 5.41 Å². The summed E-state index contributed by atoms with van der Waals surface area (Å²) in [7, 11) is -1.74. The molecule has 2 rings (SSSR count). The molecule has 0 spiro atoms. The molecule has 0 amide bonds. The third kappa shape index (κ3) is 3.69. The number of rotatable bonds is 3. The normalized spacial score (nSPS) is 20.4. The van der Waals surface area contributed by atoms with Crippen molar-refractivity contribution in [3.05, 3.63) is 35.4 Å². The van der Waals surface area contributed by atoms with Gasteiger partial charge in [-0.25, -0.2) is 4.79 Å². The van der Waals surface area contributed by atoms with Crippen molar-refractivity contribution in [1.82, 2.24) is 0 Å². The molecule has 0 unspecified atom stereocenters. The first kappa shape index (κ1) is 15.2. The van der Waals surface area contributed by atoms with Crippen LogP contribution in [-0.2, 0) is 24.5 Å². The van der Waals surface area contributed by atoms with E-state index in [4.69, 9.17) is 9.05 Å². The highest BCUT2D eigenvalue weighted by molar-refractivity contribution is 7.53. The number of carbonyl (C=O) groups is 1. The summed E-state index contributed by atoms with van der Waals surface area (Å²) in [6.45, 7) is 4.85. The van der Waals surface area contributed by atoms with Gasteiger partial charge in [-0.1, -0.05) is 26.0 Å². The monoisotopic (exact) mass is 298 g/mol. The first-order chi connectivity index (χ1) is 9.34. The van der Waals surface area contributed by atoms with Crippen molar-refractivity contribution < 1.29 is 23.1 Å². The van der Waals surface area contributed by atoms with Gasteiger partial charge < -0.3 is 13.8 Å². The minimum Gasteiger partial charge on any atom is -0.465 e. The Morgan fingerprint density at radius 2 is 1.80 bits per heavy atom. The van der Waals surface area contributed by atoms with E-state index in [1.54, 1.807) is 24.3 Å². The van der Waals surface area contributed by atoms with Crippen LogP contribution in [0.2, 0.25) is 0 Å². The number of carbonyl (C=O) groups excluding carboxylic acids is 1. The topological polar surface area (TPSA) is 61.8 Å². The largest absolute Gasteiger partial charge is 0.465 e. The van der Waals surface area contributed by atoms with Crippen molar-refractivity contribution in [2.24, 2.45) is 5.41 Å². The van der Waals surface area contributed by atoms with Crippen molar-refractivity contribution in [3.8, 4) is 0 Å². The second kappa shape index (κ2) is 5.68.